The SMILES string of the molecule is CC[C@H]1CN(C(C)c2ccc3nc(C)sc3c2)[C@H](CC)CN1c1nc(=O)n(C)c2cc(CC#N)nn12. The van der Waals surface area contributed by atoms with E-state index in [1.165, 1.54) is 14.8 Å². The van der Waals surface area contributed by atoms with Crippen LogP contribution in [0.25, 0.3) is 15.9 Å². The lowest BCUT2D eigenvalue weighted by Crippen LogP contribution is -2.59. The molecule has 3 aromatic heterocycles. The van der Waals surface area contributed by atoms with E-state index in [0.717, 1.165) is 36.5 Å². The quantitative estimate of drug-likeness (QED) is 0.394. The van der Waals surface area contributed by atoms with Crippen LogP contribution in [0.1, 0.15) is 55.9 Å². The zero-order valence-electron chi connectivity index (χ0n) is 21.5. The molecule has 1 saturated heterocycles. The van der Waals surface area contributed by atoms with Gasteiger partial charge in [0.15, 0.2) is 0 Å². The van der Waals surface area contributed by atoms with Gasteiger partial charge in [0.05, 0.1) is 33.4 Å². The minimum absolute atomic E-state index is 0.177. The molecular weight excluding hydrogens is 472 g/mol. The molecule has 3 atom stereocenters. The van der Waals surface area contributed by atoms with Crippen LogP contribution in [0.2, 0.25) is 0 Å². The van der Waals surface area contributed by atoms with E-state index in [2.05, 4.69) is 76.8 Å². The summed E-state index contributed by atoms with van der Waals surface area (Å²) in [5, 5.41) is 14.9. The van der Waals surface area contributed by atoms with Gasteiger partial charge in [-0.2, -0.15) is 19.9 Å². The maximum Gasteiger partial charge on any atom is 0.352 e. The zero-order chi connectivity index (χ0) is 25.6. The summed E-state index contributed by atoms with van der Waals surface area (Å²) in [6.45, 7) is 10.4. The third-order valence-electron chi connectivity index (χ3n) is 7.45. The van der Waals surface area contributed by atoms with E-state index >= 15 is 0 Å². The van der Waals surface area contributed by atoms with Gasteiger partial charge in [0, 0.05) is 44.3 Å². The molecule has 0 radical (unpaired) electrons. The van der Waals surface area contributed by atoms with E-state index in [-0.39, 0.29) is 30.2 Å². The summed E-state index contributed by atoms with van der Waals surface area (Å²) < 4.78 is 4.46. The van der Waals surface area contributed by atoms with Crippen molar-refractivity contribution in [2.75, 3.05) is 18.0 Å². The van der Waals surface area contributed by atoms with Gasteiger partial charge in [-0.1, -0.05) is 19.9 Å². The second kappa shape index (κ2) is 9.64. The summed E-state index contributed by atoms with van der Waals surface area (Å²) >= 11 is 1.74. The molecule has 1 aromatic carbocycles. The predicted octanol–water partition coefficient (Wildman–Crippen LogP) is 3.85. The highest BCUT2D eigenvalue weighted by molar-refractivity contribution is 7.18. The van der Waals surface area contributed by atoms with Gasteiger partial charge >= 0.3 is 5.69 Å². The fourth-order valence-electron chi connectivity index (χ4n) is 5.38. The molecule has 36 heavy (non-hydrogen) atoms. The topological polar surface area (TPSA) is 95.4 Å². The Morgan fingerprint density at radius 1 is 1.17 bits per heavy atom. The number of piperazine rings is 1. The molecule has 0 saturated carbocycles. The molecule has 1 aliphatic rings. The number of aryl methyl sites for hydroxylation is 2. The van der Waals surface area contributed by atoms with Crippen LogP contribution in [-0.4, -0.2) is 54.2 Å². The second-order valence-electron chi connectivity index (χ2n) is 9.60. The Balaban J connectivity index is 1.50. The van der Waals surface area contributed by atoms with E-state index in [0.29, 0.717) is 17.3 Å². The van der Waals surface area contributed by atoms with Crippen molar-refractivity contribution in [1.29, 1.82) is 5.26 Å². The highest BCUT2D eigenvalue weighted by Crippen LogP contribution is 2.33. The number of nitriles is 1. The molecule has 4 aromatic rings. The van der Waals surface area contributed by atoms with Crippen LogP contribution in [0.3, 0.4) is 0 Å². The van der Waals surface area contributed by atoms with E-state index in [9.17, 15) is 4.79 Å². The summed E-state index contributed by atoms with van der Waals surface area (Å²) in [5.74, 6) is 0.566. The lowest BCUT2D eigenvalue weighted by molar-refractivity contribution is 0.1000. The molecule has 0 aliphatic carbocycles. The van der Waals surface area contributed by atoms with Crippen LogP contribution >= 0.6 is 11.3 Å². The smallest absolute Gasteiger partial charge is 0.335 e. The molecule has 9 nitrogen and oxygen atoms in total. The Bertz CT molecular complexity index is 1510. The number of fused-ring (bicyclic) bond motifs is 2. The molecule has 4 heterocycles. The summed E-state index contributed by atoms with van der Waals surface area (Å²) in [5.41, 5.74) is 3.35. The minimum Gasteiger partial charge on any atom is -0.335 e. The van der Waals surface area contributed by atoms with Crippen molar-refractivity contribution < 1.29 is 0 Å². The first kappa shape index (κ1) is 24.4. The van der Waals surface area contributed by atoms with Crippen molar-refractivity contribution in [3.8, 4) is 6.07 Å². The average Bonchev–Trinajstić information content (AvgIpc) is 3.47. The molecule has 1 fully saturated rings. The number of nitrogens with zero attached hydrogens (tertiary/aromatic N) is 8. The molecule has 1 aliphatic heterocycles. The van der Waals surface area contributed by atoms with Gasteiger partial charge in [0.25, 0.3) is 0 Å². The molecule has 0 N–H and O–H groups in total. The number of rotatable bonds is 6. The second-order valence-corrected chi connectivity index (χ2v) is 10.8. The molecule has 0 amide bonds. The van der Waals surface area contributed by atoms with E-state index in [1.54, 1.807) is 22.9 Å². The van der Waals surface area contributed by atoms with E-state index in [4.69, 9.17) is 5.26 Å². The van der Waals surface area contributed by atoms with Crippen molar-refractivity contribution >= 4 is 33.1 Å². The summed E-state index contributed by atoms with van der Waals surface area (Å²) in [7, 11) is 1.69. The fraction of sp³-hybridized carbons (Fsp3) is 0.500. The fourth-order valence-corrected chi connectivity index (χ4v) is 6.25. The van der Waals surface area contributed by atoms with Crippen LogP contribution in [0.15, 0.2) is 29.1 Å². The van der Waals surface area contributed by atoms with Gasteiger partial charge in [-0.05, 0) is 44.4 Å². The van der Waals surface area contributed by atoms with Gasteiger partial charge in [-0.3, -0.25) is 9.47 Å². The normalized spacial score (nSPS) is 19.7. The number of anilines is 1. The Morgan fingerprint density at radius 2 is 1.94 bits per heavy atom. The van der Waals surface area contributed by atoms with Crippen LogP contribution in [-0.2, 0) is 13.5 Å². The Kier molecular flexibility index (Phi) is 6.53. The van der Waals surface area contributed by atoms with Gasteiger partial charge < -0.3 is 4.90 Å². The standard InChI is InChI=1S/C26H32N8OS/c1-6-20-15-33(25-29-26(35)31(5)24-13-19(10-11-27)30-34(24)25)21(7-2)14-32(20)16(3)18-8-9-22-23(12-18)36-17(4)28-22/h8-9,12-13,16,20-21H,6-7,10,14-15H2,1-5H3/t16?,20-,21+/m1/s1. The molecule has 0 spiro atoms. The van der Waals surface area contributed by atoms with Crippen molar-refractivity contribution in [2.24, 2.45) is 7.05 Å². The van der Waals surface area contributed by atoms with Crippen molar-refractivity contribution in [3.05, 3.63) is 51.0 Å². The van der Waals surface area contributed by atoms with E-state index in [1.807, 2.05) is 6.07 Å². The van der Waals surface area contributed by atoms with Gasteiger partial charge in [0.2, 0.25) is 5.95 Å². The number of thiazole rings is 1. The van der Waals surface area contributed by atoms with Gasteiger partial charge in [0.1, 0.15) is 5.65 Å². The van der Waals surface area contributed by atoms with Crippen molar-refractivity contribution in [3.63, 3.8) is 0 Å². The molecule has 188 valence electrons. The highest BCUT2D eigenvalue weighted by Gasteiger charge is 2.37. The maximum absolute atomic E-state index is 12.8. The number of hydrogen-bond donors (Lipinski definition) is 0. The first-order valence-electron chi connectivity index (χ1n) is 12.6. The number of aromatic nitrogens is 5. The lowest BCUT2D eigenvalue weighted by atomic mass is 9.97. The van der Waals surface area contributed by atoms with Crippen LogP contribution < -0.4 is 10.6 Å². The summed E-state index contributed by atoms with van der Waals surface area (Å²) in [6.07, 6.45) is 2.09. The largest absolute Gasteiger partial charge is 0.352 e. The molecular formula is C26H32N8OS. The molecule has 1 unspecified atom stereocenters. The Hall–Kier alpha value is -3.29. The predicted molar refractivity (Wildman–Crippen MR) is 143 cm³/mol. The third-order valence-corrected chi connectivity index (χ3v) is 8.39. The monoisotopic (exact) mass is 504 g/mol. The third kappa shape index (κ3) is 4.16. The average molecular weight is 505 g/mol. The first-order valence-corrected chi connectivity index (χ1v) is 13.4. The number of benzene rings is 1. The number of hydrogen-bond acceptors (Lipinski definition) is 8. The summed E-state index contributed by atoms with van der Waals surface area (Å²) in [6, 6.07) is 11.3. The van der Waals surface area contributed by atoms with Gasteiger partial charge in [-0.25, -0.2) is 9.78 Å². The zero-order valence-corrected chi connectivity index (χ0v) is 22.3. The lowest BCUT2D eigenvalue weighted by Gasteiger charge is -2.48. The van der Waals surface area contributed by atoms with E-state index < -0.39 is 0 Å². The van der Waals surface area contributed by atoms with Crippen LogP contribution in [0.4, 0.5) is 5.95 Å². The highest BCUT2D eigenvalue weighted by atomic mass is 32.1. The van der Waals surface area contributed by atoms with Crippen LogP contribution in [0, 0.1) is 18.3 Å². The molecule has 10 heteroatoms. The first-order chi connectivity index (χ1) is 17.3. The van der Waals surface area contributed by atoms with Crippen molar-refractivity contribution in [1.82, 2.24) is 29.0 Å². The molecule has 5 rings (SSSR count). The Labute approximate surface area is 214 Å². The maximum atomic E-state index is 12.8. The Morgan fingerprint density at radius 3 is 2.67 bits per heavy atom. The summed E-state index contributed by atoms with van der Waals surface area (Å²) in [4.78, 5) is 26.7. The van der Waals surface area contributed by atoms with Crippen molar-refractivity contribution in [2.45, 2.75) is 65.1 Å². The van der Waals surface area contributed by atoms with Crippen LogP contribution in [0.5, 0.6) is 0 Å². The molecule has 0 bridgehead atoms. The minimum atomic E-state index is -0.312. The van der Waals surface area contributed by atoms with Gasteiger partial charge in [-0.15, -0.1) is 11.3 Å².